The van der Waals surface area contributed by atoms with Gasteiger partial charge in [0.05, 0.1) is 23.0 Å². The second-order valence-electron chi connectivity index (χ2n) is 5.62. The molecule has 3 heterocycles. The van der Waals surface area contributed by atoms with Crippen LogP contribution in [0.25, 0.3) is 9.88 Å². The summed E-state index contributed by atoms with van der Waals surface area (Å²) in [5, 5.41) is 5.67. The number of amides is 1. The summed E-state index contributed by atoms with van der Waals surface area (Å²) in [4.78, 5) is 22.6. The van der Waals surface area contributed by atoms with Gasteiger partial charge in [0.2, 0.25) is 5.88 Å². The minimum atomic E-state index is -0.199. The maximum Gasteiger partial charge on any atom is 0.267 e. The number of thiazole rings is 1. The number of benzene rings is 1. The summed E-state index contributed by atoms with van der Waals surface area (Å²) in [5.74, 6) is 0.310. The summed E-state index contributed by atoms with van der Waals surface area (Å²) in [5.41, 5.74) is 1.68. The molecular weight excluding hydrogens is 378 g/mol. The molecule has 0 saturated carbocycles. The van der Waals surface area contributed by atoms with Gasteiger partial charge in [-0.2, -0.15) is 0 Å². The number of rotatable bonds is 6. The summed E-state index contributed by atoms with van der Waals surface area (Å²) < 4.78 is 5.65. The number of aromatic nitrogens is 2. The zero-order valence-corrected chi connectivity index (χ0v) is 15.8. The van der Waals surface area contributed by atoms with Gasteiger partial charge < -0.3 is 10.1 Å². The monoisotopic (exact) mass is 393 g/mol. The summed E-state index contributed by atoms with van der Waals surface area (Å²) in [6, 6.07) is 17.3. The van der Waals surface area contributed by atoms with Crippen molar-refractivity contribution in [3.05, 3.63) is 82.8 Å². The molecule has 0 radical (unpaired) electrons. The number of pyridine rings is 1. The summed E-state index contributed by atoms with van der Waals surface area (Å²) >= 11 is 2.97. The highest BCUT2D eigenvalue weighted by Crippen LogP contribution is 2.29. The smallest absolute Gasteiger partial charge is 0.267 e. The standard InChI is InChI=1S/C20H15N3O2S2/c24-19(17-12-22-20(27-17)16-7-4-10-26-16)23-15-8-9-18(21-11-15)25-13-14-5-2-1-3-6-14/h1-12H,13H2,(H,23,24). The van der Waals surface area contributed by atoms with Crippen molar-refractivity contribution in [3.8, 4) is 15.8 Å². The van der Waals surface area contributed by atoms with Gasteiger partial charge in [-0.05, 0) is 23.1 Å². The molecule has 134 valence electrons. The maximum atomic E-state index is 12.4. The first kappa shape index (κ1) is 17.4. The Labute approximate surface area is 164 Å². The molecule has 0 aliphatic carbocycles. The van der Waals surface area contributed by atoms with Crippen LogP contribution in [-0.4, -0.2) is 15.9 Å². The van der Waals surface area contributed by atoms with Crippen LogP contribution in [0.1, 0.15) is 15.2 Å². The van der Waals surface area contributed by atoms with E-state index in [9.17, 15) is 4.79 Å². The maximum absolute atomic E-state index is 12.4. The molecule has 0 bridgehead atoms. The van der Waals surface area contributed by atoms with Gasteiger partial charge in [-0.3, -0.25) is 4.79 Å². The van der Waals surface area contributed by atoms with Gasteiger partial charge >= 0.3 is 0 Å². The van der Waals surface area contributed by atoms with Gasteiger partial charge in [0.15, 0.2) is 0 Å². The van der Waals surface area contributed by atoms with Gasteiger partial charge in [-0.15, -0.1) is 22.7 Å². The topological polar surface area (TPSA) is 64.1 Å². The van der Waals surface area contributed by atoms with Gasteiger partial charge in [0, 0.05) is 6.07 Å². The van der Waals surface area contributed by atoms with E-state index in [4.69, 9.17) is 4.74 Å². The van der Waals surface area contributed by atoms with Gasteiger partial charge in [0.25, 0.3) is 5.91 Å². The number of ether oxygens (including phenoxy) is 1. The van der Waals surface area contributed by atoms with Crippen molar-refractivity contribution in [1.82, 2.24) is 9.97 Å². The van der Waals surface area contributed by atoms with E-state index in [2.05, 4.69) is 15.3 Å². The molecule has 0 aliphatic heterocycles. The van der Waals surface area contributed by atoms with E-state index in [0.717, 1.165) is 15.4 Å². The first-order valence-electron chi connectivity index (χ1n) is 8.22. The Kier molecular flexibility index (Phi) is 5.22. The number of carbonyl (C=O) groups is 1. The van der Waals surface area contributed by atoms with Crippen LogP contribution in [0.15, 0.2) is 72.4 Å². The van der Waals surface area contributed by atoms with Crippen LogP contribution in [0.5, 0.6) is 5.88 Å². The largest absolute Gasteiger partial charge is 0.473 e. The van der Waals surface area contributed by atoms with Crippen molar-refractivity contribution in [2.75, 3.05) is 5.32 Å². The molecule has 4 aromatic rings. The minimum absolute atomic E-state index is 0.199. The Morgan fingerprint density at radius 1 is 1.00 bits per heavy atom. The SMILES string of the molecule is O=C(Nc1ccc(OCc2ccccc2)nc1)c1cnc(-c2cccs2)s1. The average molecular weight is 393 g/mol. The third kappa shape index (κ3) is 4.39. The highest BCUT2D eigenvalue weighted by Gasteiger charge is 2.12. The van der Waals surface area contributed by atoms with E-state index in [0.29, 0.717) is 23.1 Å². The molecule has 5 nitrogen and oxygen atoms in total. The number of anilines is 1. The van der Waals surface area contributed by atoms with E-state index < -0.39 is 0 Å². The van der Waals surface area contributed by atoms with Crippen LogP contribution >= 0.6 is 22.7 Å². The number of carbonyl (C=O) groups excluding carboxylic acids is 1. The third-order valence-corrected chi connectivity index (χ3v) is 5.72. The number of nitrogens with zero attached hydrogens (tertiary/aromatic N) is 2. The number of nitrogens with one attached hydrogen (secondary N) is 1. The molecule has 3 aromatic heterocycles. The fraction of sp³-hybridized carbons (Fsp3) is 0.0500. The van der Waals surface area contributed by atoms with E-state index in [1.807, 2.05) is 47.8 Å². The van der Waals surface area contributed by atoms with Gasteiger partial charge in [0.1, 0.15) is 16.5 Å². The van der Waals surface area contributed by atoms with E-state index in [-0.39, 0.29) is 5.91 Å². The first-order valence-corrected chi connectivity index (χ1v) is 9.91. The van der Waals surface area contributed by atoms with Crippen LogP contribution < -0.4 is 10.1 Å². The average Bonchev–Trinajstić information content (AvgIpc) is 3.40. The highest BCUT2D eigenvalue weighted by atomic mass is 32.1. The second kappa shape index (κ2) is 8.11. The number of thiophene rings is 1. The first-order chi connectivity index (χ1) is 13.3. The Balaban J connectivity index is 1.36. The van der Waals surface area contributed by atoms with Crippen molar-refractivity contribution in [2.24, 2.45) is 0 Å². The molecule has 0 unspecified atom stereocenters. The van der Waals surface area contributed by atoms with Crippen LogP contribution in [0, 0.1) is 0 Å². The van der Waals surface area contributed by atoms with Gasteiger partial charge in [-0.1, -0.05) is 36.4 Å². The van der Waals surface area contributed by atoms with E-state index in [1.165, 1.54) is 11.3 Å². The molecule has 0 spiro atoms. The molecular formula is C20H15N3O2S2. The molecule has 7 heteroatoms. The normalized spacial score (nSPS) is 10.5. The molecule has 0 fully saturated rings. The zero-order valence-electron chi connectivity index (χ0n) is 14.2. The van der Waals surface area contributed by atoms with E-state index in [1.54, 1.807) is 35.9 Å². The Morgan fingerprint density at radius 3 is 2.63 bits per heavy atom. The predicted octanol–water partition coefficient (Wildman–Crippen LogP) is 5.10. The lowest BCUT2D eigenvalue weighted by atomic mass is 10.2. The summed E-state index contributed by atoms with van der Waals surface area (Å²) in [6.07, 6.45) is 3.18. The molecule has 0 saturated heterocycles. The Bertz CT molecular complexity index is 1010. The van der Waals surface area contributed by atoms with Crippen molar-refractivity contribution in [2.45, 2.75) is 6.61 Å². The quantitative estimate of drug-likeness (QED) is 0.495. The molecule has 27 heavy (non-hydrogen) atoms. The fourth-order valence-corrected chi connectivity index (χ4v) is 3.97. The molecule has 1 N–H and O–H groups in total. The number of hydrogen-bond acceptors (Lipinski definition) is 6. The lowest BCUT2D eigenvalue weighted by Crippen LogP contribution is -2.10. The third-order valence-electron chi connectivity index (χ3n) is 3.69. The minimum Gasteiger partial charge on any atom is -0.473 e. The zero-order chi connectivity index (χ0) is 18.5. The van der Waals surface area contributed by atoms with Crippen LogP contribution in [0.4, 0.5) is 5.69 Å². The van der Waals surface area contributed by atoms with Crippen molar-refractivity contribution in [1.29, 1.82) is 0 Å². The molecule has 0 atom stereocenters. The van der Waals surface area contributed by atoms with Crippen molar-refractivity contribution < 1.29 is 9.53 Å². The molecule has 4 rings (SSSR count). The lowest BCUT2D eigenvalue weighted by molar-refractivity contribution is 0.103. The summed E-state index contributed by atoms with van der Waals surface area (Å²) in [7, 11) is 0. The fourth-order valence-electron chi connectivity index (χ4n) is 2.36. The van der Waals surface area contributed by atoms with Crippen LogP contribution in [-0.2, 0) is 6.61 Å². The van der Waals surface area contributed by atoms with Gasteiger partial charge in [-0.25, -0.2) is 9.97 Å². The molecule has 1 aromatic carbocycles. The highest BCUT2D eigenvalue weighted by molar-refractivity contribution is 7.22. The van der Waals surface area contributed by atoms with Crippen LogP contribution in [0.2, 0.25) is 0 Å². The molecule has 1 amide bonds. The Morgan fingerprint density at radius 2 is 1.89 bits per heavy atom. The summed E-state index contributed by atoms with van der Waals surface area (Å²) in [6.45, 7) is 0.450. The van der Waals surface area contributed by atoms with Crippen molar-refractivity contribution in [3.63, 3.8) is 0 Å². The van der Waals surface area contributed by atoms with Crippen molar-refractivity contribution >= 4 is 34.3 Å². The van der Waals surface area contributed by atoms with Crippen LogP contribution in [0.3, 0.4) is 0 Å². The molecule has 0 aliphatic rings. The Hall–Kier alpha value is -3.03. The number of hydrogen-bond donors (Lipinski definition) is 1. The predicted molar refractivity (Wildman–Crippen MR) is 108 cm³/mol. The second-order valence-corrected chi connectivity index (χ2v) is 7.60. The lowest BCUT2D eigenvalue weighted by Gasteiger charge is -2.07. The van der Waals surface area contributed by atoms with E-state index >= 15 is 0 Å².